The zero-order valence-corrected chi connectivity index (χ0v) is 18.1. The number of fused-ring (bicyclic) bond motifs is 8. The van der Waals surface area contributed by atoms with Crippen LogP contribution in [0.25, 0.3) is 46.4 Å². The van der Waals surface area contributed by atoms with Gasteiger partial charge in [-0.25, -0.2) is 24.1 Å². The maximum atomic E-state index is 12.4. The van der Waals surface area contributed by atoms with Gasteiger partial charge in [-0.15, -0.1) is 0 Å². The maximum absolute atomic E-state index is 12.4. The number of nitrogens with one attached hydrogen (secondary N) is 1. The molecule has 0 spiro atoms. The highest BCUT2D eigenvalue weighted by Gasteiger charge is 2.28. The van der Waals surface area contributed by atoms with E-state index in [1.165, 1.54) is 26.4 Å². The van der Waals surface area contributed by atoms with Gasteiger partial charge in [-0.1, -0.05) is 0 Å². The monoisotopic (exact) mass is 458 g/mol. The van der Waals surface area contributed by atoms with Crippen molar-refractivity contribution in [1.29, 1.82) is 0 Å². The molecule has 0 unspecified atom stereocenters. The molecule has 0 saturated carbocycles. The number of ether oxygens (including phenoxy) is 2. The lowest BCUT2D eigenvalue weighted by molar-refractivity contribution is 0.0698. The number of nitrogens with zero attached hydrogens (tertiary/aromatic N) is 3. The lowest BCUT2D eigenvalue weighted by Gasteiger charge is -2.04. The number of carbonyl (C=O) groups is 2. The summed E-state index contributed by atoms with van der Waals surface area (Å²) in [6, 6.07) is 8.85. The van der Waals surface area contributed by atoms with E-state index in [1.807, 2.05) is 18.2 Å². The summed E-state index contributed by atoms with van der Waals surface area (Å²) < 4.78 is 11.7. The van der Waals surface area contributed by atoms with E-state index in [9.17, 15) is 19.8 Å². The highest BCUT2D eigenvalue weighted by Crippen LogP contribution is 2.41. The van der Waals surface area contributed by atoms with Gasteiger partial charge in [-0.2, -0.15) is 0 Å². The maximum Gasteiger partial charge on any atom is 0.416 e. The quantitative estimate of drug-likeness (QED) is 0.362. The van der Waals surface area contributed by atoms with E-state index in [0.29, 0.717) is 17.1 Å². The van der Waals surface area contributed by atoms with Crippen LogP contribution in [-0.4, -0.2) is 56.0 Å². The SMILES string of the molecule is COc1c(OC)c2c(C(=O)O)c3nc(cc4ccc(cc5nc(cc1n2C(=O)O)C=C5)[nH]4)C=C3. The molecule has 0 aliphatic carbocycles. The predicted octanol–water partition coefficient (Wildman–Crippen LogP) is 4.37. The average Bonchev–Trinajstić information content (AvgIpc) is 3.56. The number of aromatic amines is 1. The molecule has 0 fully saturated rings. The van der Waals surface area contributed by atoms with Gasteiger partial charge in [-0.3, -0.25) is 0 Å². The molecule has 0 atom stereocenters. The zero-order chi connectivity index (χ0) is 24.0. The fraction of sp³-hybridized carbons (Fsp3) is 0.0833. The number of hydrogen-bond acceptors (Lipinski definition) is 6. The van der Waals surface area contributed by atoms with E-state index in [0.717, 1.165) is 15.6 Å². The van der Waals surface area contributed by atoms with E-state index in [-0.39, 0.29) is 33.8 Å². The fourth-order valence-electron chi connectivity index (χ4n) is 4.03. The minimum absolute atomic E-state index is 0.0432. The Balaban J connectivity index is 2.08. The van der Waals surface area contributed by atoms with Crippen molar-refractivity contribution in [1.82, 2.24) is 19.5 Å². The Kier molecular flexibility index (Phi) is 4.90. The van der Waals surface area contributed by atoms with Crippen molar-refractivity contribution in [3.8, 4) is 11.5 Å². The summed E-state index contributed by atoms with van der Waals surface area (Å²) >= 11 is 0. The van der Waals surface area contributed by atoms with Crippen LogP contribution < -0.4 is 9.47 Å². The molecular formula is C24H18N4O6. The van der Waals surface area contributed by atoms with Crippen LogP contribution in [0.2, 0.25) is 0 Å². The van der Waals surface area contributed by atoms with Crippen molar-refractivity contribution >= 4 is 58.4 Å². The molecule has 2 aliphatic heterocycles. The molecule has 3 aromatic rings. The molecule has 34 heavy (non-hydrogen) atoms. The van der Waals surface area contributed by atoms with Crippen molar-refractivity contribution in [2.45, 2.75) is 0 Å². The molecule has 3 N–H and O–H groups in total. The summed E-state index contributed by atoms with van der Waals surface area (Å²) in [7, 11) is 2.66. The van der Waals surface area contributed by atoms with Crippen LogP contribution in [-0.2, 0) is 0 Å². The second kappa shape index (κ2) is 7.93. The van der Waals surface area contributed by atoms with Gasteiger partial charge in [-0.05, 0) is 54.6 Å². The van der Waals surface area contributed by atoms with Crippen LogP contribution in [0.3, 0.4) is 0 Å². The number of methoxy groups -OCH3 is 2. The molecule has 0 saturated heterocycles. The molecule has 10 heteroatoms. The molecule has 10 nitrogen and oxygen atoms in total. The highest BCUT2D eigenvalue weighted by atomic mass is 16.5. The van der Waals surface area contributed by atoms with Crippen molar-refractivity contribution in [2.75, 3.05) is 14.2 Å². The highest BCUT2D eigenvalue weighted by molar-refractivity contribution is 6.07. The molecule has 0 amide bonds. The van der Waals surface area contributed by atoms with Crippen molar-refractivity contribution < 1.29 is 29.3 Å². The van der Waals surface area contributed by atoms with Crippen LogP contribution in [0.4, 0.5) is 4.79 Å². The lowest BCUT2D eigenvalue weighted by atomic mass is 10.2. The minimum Gasteiger partial charge on any atom is -0.491 e. The third-order valence-corrected chi connectivity index (χ3v) is 5.39. The molecule has 0 aromatic carbocycles. The smallest absolute Gasteiger partial charge is 0.416 e. The van der Waals surface area contributed by atoms with E-state index in [1.54, 1.807) is 24.3 Å². The fourth-order valence-corrected chi connectivity index (χ4v) is 4.03. The number of carboxylic acids is 1. The summed E-state index contributed by atoms with van der Waals surface area (Å²) in [6.45, 7) is 0. The molecule has 0 radical (unpaired) electrons. The van der Waals surface area contributed by atoms with E-state index >= 15 is 0 Å². The molecule has 8 bridgehead atoms. The van der Waals surface area contributed by atoms with Crippen LogP contribution in [0.15, 0.2) is 30.3 Å². The third kappa shape index (κ3) is 3.37. The van der Waals surface area contributed by atoms with Crippen LogP contribution in [0, 0.1) is 0 Å². The van der Waals surface area contributed by atoms with Crippen molar-refractivity contribution in [2.24, 2.45) is 0 Å². The van der Waals surface area contributed by atoms with Crippen molar-refractivity contribution in [3.63, 3.8) is 0 Å². The Morgan fingerprint density at radius 2 is 1.44 bits per heavy atom. The molecule has 3 aromatic heterocycles. The second-order valence-corrected chi connectivity index (χ2v) is 7.45. The first-order chi connectivity index (χ1) is 16.4. The average molecular weight is 458 g/mol. The first kappa shape index (κ1) is 21.0. The van der Waals surface area contributed by atoms with Gasteiger partial charge < -0.3 is 24.7 Å². The number of carboxylic acid groups (broad SMARTS) is 2. The number of aromatic carboxylic acids is 1. The third-order valence-electron chi connectivity index (χ3n) is 5.39. The number of hydrogen-bond donors (Lipinski definition) is 3. The van der Waals surface area contributed by atoms with Gasteiger partial charge in [0.1, 0.15) is 16.6 Å². The molecule has 170 valence electrons. The Labute approximate surface area is 192 Å². The van der Waals surface area contributed by atoms with Gasteiger partial charge in [0.05, 0.1) is 37.0 Å². The summed E-state index contributed by atoms with van der Waals surface area (Å²) in [4.78, 5) is 37.0. The Morgan fingerprint density at radius 1 is 0.853 bits per heavy atom. The molecule has 5 heterocycles. The Hall–Kier alpha value is -4.86. The number of H-pyrrole nitrogens is 1. The van der Waals surface area contributed by atoms with Gasteiger partial charge >= 0.3 is 12.1 Å². The minimum atomic E-state index is -1.42. The first-order valence-electron chi connectivity index (χ1n) is 10.1. The van der Waals surface area contributed by atoms with Crippen LogP contribution in [0.1, 0.15) is 33.1 Å². The standard InChI is InChI=1S/C24H18N4O6/c1-33-21-18-11-16-6-5-13(26-16)9-12-3-4-14(25-12)10-15-7-8-17(27-15)19(23(29)30)20(22(21)34-2)28(18)24(31)32/h3-11,25H,1-2H3,(H,29,30)(H,31,32). The predicted molar refractivity (Wildman–Crippen MR) is 126 cm³/mol. The van der Waals surface area contributed by atoms with Crippen LogP contribution >= 0.6 is 0 Å². The largest absolute Gasteiger partial charge is 0.491 e. The van der Waals surface area contributed by atoms with E-state index in [2.05, 4.69) is 15.0 Å². The molecule has 2 aliphatic rings. The van der Waals surface area contributed by atoms with Crippen LogP contribution in [0.5, 0.6) is 11.5 Å². The van der Waals surface area contributed by atoms with E-state index in [4.69, 9.17) is 9.47 Å². The van der Waals surface area contributed by atoms with Gasteiger partial charge in [0, 0.05) is 11.0 Å². The van der Waals surface area contributed by atoms with E-state index < -0.39 is 12.1 Å². The first-order valence-corrected chi connectivity index (χ1v) is 10.1. The van der Waals surface area contributed by atoms with Crippen molar-refractivity contribution in [3.05, 3.63) is 58.7 Å². The summed E-state index contributed by atoms with van der Waals surface area (Å²) in [5.74, 6) is -1.36. The van der Waals surface area contributed by atoms with Gasteiger partial charge in [0.2, 0.25) is 0 Å². The lowest BCUT2D eigenvalue weighted by Crippen LogP contribution is -2.11. The summed E-state index contributed by atoms with van der Waals surface area (Å²) in [5.41, 5.74) is 2.75. The zero-order valence-electron chi connectivity index (χ0n) is 18.1. The number of aromatic nitrogens is 4. The number of rotatable bonds is 3. The Morgan fingerprint density at radius 3 is 2.03 bits per heavy atom. The normalized spacial score (nSPS) is 12.1. The summed E-state index contributed by atoms with van der Waals surface area (Å²) in [5, 5.41) is 20.2. The van der Waals surface area contributed by atoms with Gasteiger partial charge in [0.15, 0.2) is 11.5 Å². The second-order valence-electron chi connectivity index (χ2n) is 7.45. The topological polar surface area (TPSA) is 140 Å². The molecular weight excluding hydrogens is 440 g/mol. The summed E-state index contributed by atoms with van der Waals surface area (Å²) in [6.07, 6.45) is 5.25. The molecule has 5 rings (SSSR count). The van der Waals surface area contributed by atoms with Gasteiger partial charge in [0.25, 0.3) is 0 Å². The Bertz CT molecular complexity index is 1590.